The molecule has 3 aromatic carbocycles. The van der Waals surface area contributed by atoms with Gasteiger partial charge in [0.2, 0.25) is 0 Å². The zero-order chi connectivity index (χ0) is 17.6. The second kappa shape index (κ2) is 7.40. The molecular weight excluding hydrogens is 316 g/mol. The molecule has 0 saturated heterocycles. The summed E-state index contributed by atoms with van der Waals surface area (Å²) in [4.78, 5) is 23.3. The number of nitrogens with zero attached hydrogens (tertiary/aromatic N) is 1. The molecular formula is C20H16N2O3. The first kappa shape index (κ1) is 16.4. The van der Waals surface area contributed by atoms with Gasteiger partial charge in [-0.2, -0.15) is 0 Å². The van der Waals surface area contributed by atoms with Crippen LogP contribution in [0.25, 0.3) is 0 Å². The highest BCUT2D eigenvalue weighted by Gasteiger charge is 2.23. The molecule has 124 valence electrons. The van der Waals surface area contributed by atoms with E-state index in [-0.39, 0.29) is 11.3 Å². The van der Waals surface area contributed by atoms with E-state index in [1.807, 2.05) is 60.7 Å². The van der Waals surface area contributed by atoms with E-state index in [0.717, 1.165) is 11.1 Å². The first-order chi connectivity index (χ1) is 12.2. The number of amides is 1. The number of carbonyl (C=O) groups excluding carboxylic acids is 1. The fourth-order valence-electron chi connectivity index (χ4n) is 2.68. The molecule has 0 aliphatic rings. The largest absolute Gasteiger partial charge is 0.341 e. The van der Waals surface area contributed by atoms with E-state index in [1.165, 1.54) is 12.1 Å². The second-order valence-corrected chi connectivity index (χ2v) is 5.50. The predicted octanol–water partition coefficient (Wildman–Crippen LogP) is 4.11. The van der Waals surface area contributed by atoms with Crippen molar-refractivity contribution in [2.24, 2.45) is 0 Å². The van der Waals surface area contributed by atoms with Crippen LogP contribution in [-0.4, -0.2) is 10.8 Å². The van der Waals surface area contributed by atoms with Gasteiger partial charge in [-0.15, -0.1) is 0 Å². The fourth-order valence-corrected chi connectivity index (χ4v) is 2.68. The van der Waals surface area contributed by atoms with Crippen LogP contribution in [-0.2, 0) is 0 Å². The maximum atomic E-state index is 12.7. The quantitative estimate of drug-likeness (QED) is 0.564. The van der Waals surface area contributed by atoms with Crippen LogP contribution < -0.4 is 5.32 Å². The average Bonchev–Trinajstić information content (AvgIpc) is 2.67. The third-order valence-corrected chi connectivity index (χ3v) is 3.89. The molecule has 1 amide bonds. The molecule has 0 heterocycles. The first-order valence-corrected chi connectivity index (χ1v) is 7.81. The molecule has 1 N–H and O–H groups in total. The third kappa shape index (κ3) is 3.72. The number of benzene rings is 3. The van der Waals surface area contributed by atoms with E-state index in [4.69, 9.17) is 0 Å². The lowest BCUT2D eigenvalue weighted by molar-refractivity contribution is -0.385. The van der Waals surface area contributed by atoms with E-state index in [1.54, 1.807) is 12.1 Å². The number of hydrogen-bond donors (Lipinski definition) is 1. The monoisotopic (exact) mass is 332 g/mol. The van der Waals surface area contributed by atoms with Crippen LogP contribution >= 0.6 is 0 Å². The summed E-state index contributed by atoms with van der Waals surface area (Å²) in [5.74, 6) is -0.481. The molecule has 0 atom stereocenters. The number of rotatable bonds is 5. The molecule has 0 unspecified atom stereocenters. The number of nitro benzene ring substituents is 1. The van der Waals surface area contributed by atoms with Gasteiger partial charge in [0.1, 0.15) is 5.56 Å². The lowest BCUT2D eigenvalue weighted by Crippen LogP contribution is -2.29. The Bertz CT molecular complexity index is 840. The van der Waals surface area contributed by atoms with Crippen LogP contribution in [0.2, 0.25) is 0 Å². The van der Waals surface area contributed by atoms with Gasteiger partial charge < -0.3 is 5.32 Å². The van der Waals surface area contributed by atoms with E-state index in [2.05, 4.69) is 5.32 Å². The van der Waals surface area contributed by atoms with E-state index >= 15 is 0 Å². The van der Waals surface area contributed by atoms with Gasteiger partial charge >= 0.3 is 0 Å². The molecule has 3 rings (SSSR count). The molecule has 3 aromatic rings. The van der Waals surface area contributed by atoms with Gasteiger partial charge in [0, 0.05) is 6.07 Å². The number of nitrogens with one attached hydrogen (secondary N) is 1. The highest BCUT2D eigenvalue weighted by Crippen LogP contribution is 2.24. The molecule has 0 aromatic heterocycles. The van der Waals surface area contributed by atoms with Crippen molar-refractivity contribution < 1.29 is 9.72 Å². The lowest BCUT2D eigenvalue weighted by atomic mass is 9.98. The summed E-state index contributed by atoms with van der Waals surface area (Å²) in [6.45, 7) is 0. The fraction of sp³-hybridized carbons (Fsp3) is 0.0500. The van der Waals surface area contributed by atoms with Crippen LogP contribution in [0.15, 0.2) is 84.9 Å². The maximum Gasteiger partial charge on any atom is 0.282 e. The van der Waals surface area contributed by atoms with E-state index in [9.17, 15) is 14.9 Å². The Morgan fingerprint density at radius 2 is 1.28 bits per heavy atom. The minimum absolute atomic E-state index is 0.0457. The van der Waals surface area contributed by atoms with Gasteiger partial charge in [0.05, 0.1) is 11.0 Å². The number of para-hydroxylation sites is 1. The van der Waals surface area contributed by atoms with Crippen molar-refractivity contribution in [3.63, 3.8) is 0 Å². The molecule has 0 aliphatic heterocycles. The molecule has 0 saturated carbocycles. The summed E-state index contributed by atoms with van der Waals surface area (Å²) >= 11 is 0. The Morgan fingerprint density at radius 3 is 1.80 bits per heavy atom. The van der Waals surface area contributed by atoms with Crippen LogP contribution in [0.3, 0.4) is 0 Å². The average molecular weight is 332 g/mol. The highest BCUT2D eigenvalue weighted by molar-refractivity contribution is 5.98. The zero-order valence-electron chi connectivity index (χ0n) is 13.3. The Balaban J connectivity index is 1.97. The zero-order valence-corrected chi connectivity index (χ0v) is 13.3. The van der Waals surface area contributed by atoms with Gasteiger partial charge in [0.25, 0.3) is 11.6 Å². The predicted molar refractivity (Wildman–Crippen MR) is 95.3 cm³/mol. The molecule has 5 nitrogen and oxygen atoms in total. The second-order valence-electron chi connectivity index (χ2n) is 5.50. The summed E-state index contributed by atoms with van der Waals surface area (Å²) in [6, 6.07) is 24.6. The molecule has 0 aliphatic carbocycles. The molecule has 0 fully saturated rings. The van der Waals surface area contributed by atoms with Crippen LogP contribution in [0.5, 0.6) is 0 Å². The normalized spacial score (nSPS) is 10.4. The Morgan fingerprint density at radius 1 is 0.800 bits per heavy atom. The first-order valence-electron chi connectivity index (χ1n) is 7.81. The minimum Gasteiger partial charge on any atom is -0.341 e. The van der Waals surface area contributed by atoms with Gasteiger partial charge in [-0.1, -0.05) is 72.8 Å². The SMILES string of the molecule is O=C(NC(c1ccccc1)c1ccccc1)c1ccccc1[N+](=O)[O-]. The van der Waals surface area contributed by atoms with E-state index < -0.39 is 16.9 Å². The van der Waals surface area contributed by atoms with Gasteiger partial charge in [-0.25, -0.2) is 0 Å². The molecule has 0 bridgehead atoms. The summed E-state index contributed by atoms with van der Waals surface area (Å²) in [6.07, 6.45) is 0. The number of nitro groups is 1. The number of hydrogen-bond acceptors (Lipinski definition) is 3. The Labute approximate surface area is 145 Å². The maximum absolute atomic E-state index is 12.7. The van der Waals surface area contributed by atoms with Gasteiger partial charge in [-0.05, 0) is 17.2 Å². The smallest absolute Gasteiger partial charge is 0.282 e. The van der Waals surface area contributed by atoms with Crippen molar-refractivity contribution in [3.05, 3.63) is 112 Å². The standard InChI is InChI=1S/C20H16N2O3/c23-20(17-13-7-8-14-18(17)22(24)25)21-19(15-9-3-1-4-10-15)16-11-5-2-6-12-16/h1-14,19H,(H,21,23). The van der Waals surface area contributed by atoms with Crippen molar-refractivity contribution in [1.82, 2.24) is 5.32 Å². The molecule has 0 spiro atoms. The number of carbonyl (C=O) groups is 1. The third-order valence-electron chi connectivity index (χ3n) is 3.89. The van der Waals surface area contributed by atoms with Crippen molar-refractivity contribution in [2.75, 3.05) is 0 Å². The van der Waals surface area contributed by atoms with Crippen LogP contribution in [0.4, 0.5) is 5.69 Å². The molecule has 25 heavy (non-hydrogen) atoms. The van der Waals surface area contributed by atoms with Crippen LogP contribution in [0, 0.1) is 10.1 Å². The summed E-state index contributed by atoms with van der Waals surface area (Å²) < 4.78 is 0. The summed E-state index contributed by atoms with van der Waals surface area (Å²) in [7, 11) is 0. The Hall–Kier alpha value is -3.47. The van der Waals surface area contributed by atoms with Gasteiger partial charge in [0.15, 0.2) is 0 Å². The van der Waals surface area contributed by atoms with Crippen molar-refractivity contribution >= 4 is 11.6 Å². The van der Waals surface area contributed by atoms with Crippen molar-refractivity contribution in [2.45, 2.75) is 6.04 Å². The Kier molecular flexibility index (Phi) is 4.85. The lowest BCUT2D eigenvalue weighted by Gasteiger charge is -2.20. The van der Waals surface area contributed by atoms with E-state index in [0.29, 0.717) is 0 Å². The van der Waals surface area contributed by atoms with Crippen molar-refractivity contribution in [3.8, 4) is 0 Å². The van der Waals surface area contributed by atoms with Crippen molar-refractivity contribution in [1.29, 1.82) is 0 Å². The molecule has 0 radical (unpaired) electrons. The van der Waals surface area contributed by atoms with Gasteiger partial charge in [-0.3, -0.25) is 14.9 Å². The summed E-state index contributed by atoms with van der Waals surface area (Å²) in [5, 5.41) is 14.1. The highest BCUT2D eigenvalue weighted by atomic mass is 16.6. The minimum atomic E-state index is -0.547. The topological polar surface area (TPSA) is 72.2 Å². The summed E-state index contributed by atoms with van der Waals surface area (Å²) in [5.41, 5.74) is 1.64. The van der Waals surface area contributed by atoms with Crippen LogP contribution in [0.1, 0.15) is 27.5 Å². The molecule has 5 heteroatoms.